The van der Waals surface area contributed by atoms with E-state index < -0.39 is 0 Å². The van der Waals surface area contributed by atoms with Crippen LogP contribution in [0.3, 0.4) is 0 Å². The lowest BCUT2D eigenvalue weighted by atomic mass is 10.2. The minimum Gasteiger partial charge on any atom is -0.367 e. The van der Waals surface area contributed by atoms with E-state index in [1.54, 1.807) is 4.90 Å². The molecule has 1 aromatic rings. The fourth-order valence-corrected chi connectivity index (χ4v) is 1.36. The van der Waals surface area contributed by atoms with Gasteiger partial charge in [-0.15, -0.1) is 0 Å². The average Bonchev–Trinajstić information content (AvgIpc) is 2.75. The van der Waals surface area contributed by atoms with E-state index >= 15 is 0 Å². The Bertz CT molecular complexity index is 282. The molecule has 0 atom stereocenters. The van der Waals surface area contributed by atoms with E-state index in [1.807, 2.05) is 32.6 Å². The summed E-state index contributed by atoms with van der Waals surface area (Å²) in [4.78, 5) is 16.3. The van der Waals surface area contributed by atoms with Crippen LogP contribution < -0.4 is 5.32 Å². The van der Waals surface area contributed by atoms with Gasteiger partial charge in [0.05, 0.1) is 0 Å². The number of nitrogens with one attached hydrogen (secondary N) is 2. The van der Waals surface area contributed by atoms with Crippen molar-refractivity contribution in [3.8, 4) is 0 Å². The zero-order valence-electron chi connectivity index (χ0n) is 9.42. The molecule has 4 heteroatoms. The molecule has 1 rings (SSSR count). The van der Waals surface area contributed by atoms with Crippen LogP contribution in [0.25, 0.3) is 0 Å². The number of nitrogens with zero attached hydrogens (tertiary/aromatic N) is 1. The lowest BCUT2D eigenvalue weighted by Gasteiger charge is -2.16. The van der Waals surface area contributed by atoms with E-state index in [1.165, 1.54) is 5.56 Å². The SMILES string of the molecule is CNCCC(=O)N(C)CCc1cc[nH]c1. The molecular formula is C11H19N3O. The van der Waals surface area contributed by atoms with Crippen LogP contribution in [-0.4, -0.2) is 43.0 Å². The van der Waals surface area contributed by atoms with Gasteiger partial charge < -0.3 is 15.2 Å². The van der Waals surface area contributed by atoms with Gasteiger partial charge in [-0.3, -0.25) is 4.79 Å². The molecule has 0 bridgehead atoms. The van der Waals surface area contributed by atoms with Gasteiger partial charge in [0.15, 0.2) is 0 Å². The first kappa shape index (κ1) is 11.8. The summed E-state index contributed by atoms with van der Waals surface area (Å²) in [7, 11) is 3.71. The number of hydrogen-bond donors (Lipinski definition) is 2. The molecule has 0 radical (unpaired) electrons. The maximum absolute atomic E-state index is 11.5. The molecule has 0 aromatic carbocycles. The largest absolute Gasteiger partial charge is 0.367 e. The van der Waals surface area contributed by atoms with Crippen molar-refractivity contribution in [3.63, 3.8) is 0 Å². The van der Waals surface area contributed by atoms with Gasteiger partial charge in [0.2, 0.25) is 5.91 Å². The molecule has 0 unspecified atom stereocenters. The molecule has 1 heterocycles. The van der Waals surface area contributed by atoms with Crippen molar-refractivity contribution in [2.24, 2.45) is 0 Å². The Labute approximate surface area is 90.7 Å². The van der Waals surface area contributed by atoms with Crippen LogP contribution in [0.5, 0.6) is 0 Å². The fraction of sp³-hybridized carbons (Fsp3) is 0.545. The Morgan fingerprint density at radius 3 is 3.00 bits per heavy atom. The van der Waals surface area contributed by atoms with Gasteiger partial charge in [-0.25, -0.2) is 0 Å². The standard InChI is InChI=1S/C11H19N3O/c1-12-6-4-11(15)14(2)8-5-10-3-7-13-9-10/h3,7,9,12-13H,4-6,8H2,1-2H3. The van der Waals surface area contributed by atoms with Gasteiger partial charge >= 0.3 is 0 Å². The number of hydrogen-bond acceptors (Lipinski definition) is 2. The Balaban J connectivity index is 2.23. The summed E-state index contributed by atoms with van der Waals surface area (Å²) in [6.07, 6.45) is 5.34. The number of aromatic nitrogens is 1. The highest BCUT2D eigenvalue weighted by molar-refractivity contribution is 5.76. The van der Waals surface area contributed by atoms with Crippen LogP contribution in [0.2, 0.25) is 0 Å². The third-order valence-corrected chi connectivity index (χ3v) is 2.41. The normalized spacial score (nSPS) is 10.3. The molecule has 1 aromatic heterocycles. The molecule has 0 saturated heterocycles. The summed E-state index contributed by atoms with van der Waals surface area (Å²) in [5.41, 5.74) is 1.24. The number of aromatic amines is 1. The highest BCUT2D eigenvalue weighted by Gasteiger charge is 2.07. The van der Waals surface area contributed by atoms with E-state index in [0.717, 1.165) is 19.5 Å². The molecule has 0 aliphatic rings. The predicted molar refractivity (Wildman–Crippen MR) is 60.7 cm³/mol. The molecule has 4 nitrogen and oxygen atoms in total. The predicted octanol–water partition coefficient (Wildman–Crippen LogP) is 0.625. The van der Waals surface area contributed by atoms with Gasteiger partial charge in [0.25, 0.3) is 0 Å². The highest BCUT2D eigenvalue weighted by atomic mass is 16.2. The molecule has 0 fully saturated rings. The molecule has 0 aliphatic carbocycles. The van der Waals surface area contributed by atoms with Crippen LogP contribution in [0.15, 0.2) is 18.5 Å². The zero-order chi connectivity index (χ0) is 11.1. The third-order valence-electron chi connectivity index (χ3n) is 2.41. The number of carbonyl (C=O) groups excluding carboxylic acids is 1. The smallest absolute Gasteiger partial charge is 0.223 e. The Morgan fingerprint density at radius 1 is 1.60 bits per heavy atom. The van der Waals surface area contributed by atoms with E-state index in [4.69, 9.17) is 0 Å². The van der Waals surface area contributed by atoms with Crippen molar-refractivity contribution in [1.82, 2.24) is 15.2 Å². The maximum Gasteiger partial charge on any atom is 0.223 e. The van der Waals surface area contributed by atoms with Crippen molar-refractivity contribution in [3.05, 3.63) is 24.0 Å². The second kappa shape index (κ2) is 6.24. The van der Waals surface area contributed by atoms with E-state index in [2.05, 4.69) is 10.3 Å². The molecule has 0 aliphatic heterocycles. The quantitative estimate of drug-likeness (QED) is 0.721. The minimum absolute atomic E-state index is 0.194. The first-order chi connectivity index (χ1) is 7.24. The minimum atomic E-state index is 0.194. The first-order valence-electron chi connectivity index (χ1n) is 5.24. The maximum atomic E-state index is 11.5. The zero-order valence-corrected chi connectivity index (χ0v) is 9.42. The van der Waals surface area contributed by atoms with Crippen LogP contribution >= 0.6 is 0 Å². The summed E-state index contributed by atoms with van der Waals surface area (Å²) in [6, 6.07) is 2.03. The number of likely N-dealkylation sites (N-methyl/N-ethyl adjacent to an activating group) is 1. The Kier molecular flexibility index (Phi) is 4.90. The second-order valence-electron chi connectivity index (χ2n) is 3.64. The average molecular weight is 209 g/mol. The van der Waals surface area contributed by atoms with Crippen molar-refractivity contribution in [2.75, 3.05) is 27.2 Å². The Hall–Kier alpha value is -1.29. The number of amides is 1. The third kappa shape index (κ3) is 4.16. The van der Waals surface area contributed by atoms with Gasteiger partial charge in [-0.05, 0) is 25.1 Å². The van der Waals surface area contributed by atoms with Gasteiger partial charge in [-0.2, -0.15) is 0 Å². The lowest BCUT2D eigenvalue weighted by Crippen LogP contribution is -2.30. The summed E-state index contributed by atoms with van der Waals surface area (Å²) >= 11 is 0. The molecule has 84 valence electrons. The number of carbonyl (C=O) groups is 1. The monoisotopic (exact) mass is 209 g/mol. The van der Waals surface area contributed by atoms with Gasteiger partial charge in [-0.1, -0.05) is 0 Å². The van der Waals surface area contributed by atoms with Crippen molar-refractivity contribution in [2.45, 2.75) is 12.8 Å². The highest BCUT2D eigenvalue weighted by Crippen LogP contribution is 2.00. The van der Waals surface area contributed by atoms with Gasteiger partial charge in [0, 0.05) is 39.0 Å². The van der Waals surface area contributed by atoms with Crippen molar-refractivity contribution < 1.29 is 4.79 Å². The summed E-state index contributed by atoms with van der Waals surface area (Å²) in [5.74, 6) is 0.194. The second-order valence-corrected chi connectivity index (χ2v) is 3.64. The summed E-state index contributed by atoms with van der Waals surface area (Å²) in [6.45, 7) is 1.52. The van der Waals surface area contributed by atoms with Crippen LogP contribution in [0, 0.1) is 0 Å². The molecule has 15 heavy (non-hydrogen) atoms. The van der Waals surface area contributed by atoms with E-state index in [0.29, 0.717) is 6.42 Å². The molecule has 0 saturated carbocycles. The first-order valence-corrected chi connectivity index (χ1v) is 5.24. The fourth-order valence-electron chi connectivity index (χ4n) is 1.36. The topological polar surface area (TPSA) is 48.1 Å². The molecule has 1 amide bonds. The van der Waals surface area contributed by atoms with E-state index in [-0.39, 0.29) is 5.91 Å². The van der Waals surface area contributed by atoms with Crippen LogP contribution in [0.4, 0.5) is 0 Å². The molecular weight excluding hydrogens is 190 g/mol. The van der Waals surface area contributed by atoms with E-state index in [9.17, 15) is 4.79 Å². The van der Waals surface area contributed by atoms with Crippen molar-refractivity contribution in [1.29, 1.82) is 0 Å². The van der Waals surface area contributed by atoms with Crippen LogP contribution in [0.1, 0.15) is 12.0 Å². The number of H-pyrrole nitrogens is 1. The van der Waals surface area contributed by atoms with Gasteiger partial charge in [0.1, 0.15) is 0 Å². The number of rotatable bonds is 6. The summed E-state index contributed by atoms with van der Waals surface area (Å²) < 4.78 is 0. The molecule has 0 spiro atoms. The Morgan fingerprint density at radius 2 is 2.40 bits per heavy atom. The molecule has 2 N–H and O–H groups in total. The van der Waals surface area contributed by atoms with Crippen molar-refractivity contribution >= 4 is 5.91 Å². The van der Waals surface area contributed by atoms with Crippen LogP contribution in [-0.2, 0) is 11.2 Å². The summed E-state index contributed by atoms with van der Waals surface area (Å²) in [5, 5.41) is 2.97. The lowest BCUT2D eigenvalue weighted by molar-refractivity contribution is -0.129.